The molecule has 0 aromatic heterocycles. The molecule has 0 atom stereocenters. The Morgan fingerprint density at radius 1 is 1.00 bits per heavy atom. The van der Waals surface area contributed by atoms with Crippen LogP contribution in [0.1, 0.15) is 39.7 Å². The van der Waals surface area contributed by atoms with Crippen LogP contribution in [-0.2, 0) is 20.3 Å². The standard InChI is InChI=1S/C15H24F2O3Si/c1-10(2)18-15(20-21,19-11(3)4)6-5-12-7-13(16)9-14(17)8-12/h7-11H,5-6H2,1-4,21H3. The van der Waals surface area contributed by atoms with E-state index in [1.807, 2.05) is 27.7 Å². The van der Waals surface area contributed by atoms with Crippen molar-refractivity contribution >= 4 is 10.5 Å². The Morgan fingerprint density at radius 2 is 1.48 bits per heavy atom. The van der Waals surface area contributed by atoms with E-state index in [9.17, 15) is 8.78 Å². The van der Waals surface area contributed by atoms with Crippen molar-refractivity contribution in [1.82, 2.24) is 0 Å². The van der Waals surface area contributed by atoms with E-state index in [2.05, 4.69) is 0 Å². The van der Waals surface area contributed by atoms with Gasteiger partial charge in [0, 0.05) is 12.5 Å². The van der Waals surface area contributed by atoms with Gasteiger partial charge in [0.05, 0.1) is 12.2 Å². The Bertz CT molecular complexity index is 422. The SMILES string of the molecule is CC(C)OC(CCc1cc(F)cc(F)c1)(O[SiH3])OC(C)C. The van der Waals surface area contributed by atoms with Crippen LogP contribution in [0.15, 0.2) is 18.2 Å². The van der Waals surface area contributed by atoms with Gasteiger partial charge in [-0.25, -0.2) is 8.78 Å². The molecular formula is C15H24F2O3Si. The molecule has 6 heteroatoms. The number of rotatable bonds is 8. The first-order valence-electron chi connectivity index (χ1n) is 7.12. The van der Waals surface area contributed by atoms with Gasteiger partial charge in [0.2, 0.25) is 0 Å². The van der Waals surface area contributed by atoms with Crippen molar-refractivity contribution in [3.63, 3.8) is 0 Å². The summed E-state index contributed by atoms with van der Waals surface area (Å²) in [5.74, 6) is -2.33. The number of ether oxygens (including phenoxy) is 2. The van der Waals surface area contributed by atoms with Crippen LogP contribution in [0.4, 0.5) is 8.78 Å². The highest BCUT2D eigenvalue weighted by Gasteiger charge is 2.33. The van der Waals surface area contributed by atoms with E-state index in [1.54, 1.807) is 0 Å². The van der Waals surface area contributed by atoms with Crippen LogP contribution >= 0.6 is 0 Å². The second kappa shape index (κ2) is 7.98. The highest BCUT2D eigenvalue weighted by molar-refractivity contribution is 5.98. The van der Waals surface area contributed by atoms with Gasteiger partial charge in [-0.1, -0.05) is 0 Å². The van der Waals surface area contributed by atoms with Gasteiger partial charge < -0.3 is 13.9 Å². The summed E-state index contributed by atoms with van der Waals surface area (Å²) < 4.78 is 43.6. The van der Waals surface area contributed by atoms with Gasteiger partial charge in [-0.15, -0.1) is 0 Å². The molecule has 0 N–H and O–H groups in total. The minimum Gasteiger partial charge on any atom is -0.380 e. The van der Waals surface area contributed by atoms with Crippen molar-refractivity contribution < 1.29 is 22.7 Å². The largest absolute Gasteiger partial charge is 0.380 e. The minimum atomic E-state index is -1.16. The molecule has 0 aliphatic heterocycles. The monoisotopic (exact) mass is 318 g/mol. The van der Waals surface area contributed by atoms with Crippen LogP contribution in [0.3, 0.4) is 0 Å². The third-order valence-corrected chi connectivity index (χ3v) is 3.41. The van der Waals surface area contributed by atoms with Gasteiger partial charge >= 0.3 is 0 Å². The van der Waals surface area contributed by atoms with E-state index in [0.29, 0.717) is 28.9 Å². The summed E-state index contributed by atoms with van der Waals surface area (Å²) >= 11 is 0. The number of benzene rings is 1. The van der Waals surface area contributed by atoms with Crippen molar-refractivity contribution in [2.75, 3.05) is 0 Å². The van der Waals surface area contributed by atoms with Crippen molar-refractivity contribution in [1.29, 1.82) is 0 Å². The molecule has 1 aromatic rings. The Kier molecular flexibility index (Phi) is 6.93. The highest BCUT2D eigenvalue weighted by Crippen LogP contribution is 2.25. The molecule has 0 aliphatic carbocycles. The summed E-state index contributed by atoms with van der Waals surface area (Å²) in [5.41, 5.74) is 0.551. The maximum absolute atomic E-state index is 13.2. The van der Waals surface area contributed by atoms with Crippen molar-refractivity contribution in [3.8, 4) is 0 Å². The van der Waals surface area contributed by atoms with E-state index >= 15 is 0 Å². The van der Waals surface area contributed by atoms with Crippen LogP contribution in [0.25, 0.3) is 0 Å². The summed E-state index contributed by atoms with van der Waals surface area (Å²) in [6, 6.07) is 3.48. The molecule has 0 fully saturated rings. The predicted octanol–water partition coefficient (Wildman–Crippen LogP) is 2.70. The zero-order chi connectivity index (χ0) is 16.0. The summed E-state index contributed by atoms with van der Waals surface area (Å²) in [4.78, 5) is 0. The number of hydrogen-bond donors (Lipinski definition) is 0. The molecule has 0 unspecified atom stereocenters. The molecule has 0 radical (unpaired) electrons. The summed E-state index contributed by atoms with van der Waals surface area (Å²) in [5, 5.41) is 0. The quantitative estimate of drug-likeness (QED) is 0.545. The van der Waals surface area contributed by atoms with Crippen LogP contribution in [0, 0.1) is 11.6 Å². The van der Waals surface area contributed by atoms with Gasteiger partial charge in [-0.3, -0.25) is 0 Å². The molecule has 0 amide bonds. The zero-order valence-corrected chi connectivity index (χ0v) is 15.3. The van der Waals surface area contributed by atoms with Gasteiger partial charge in [-0.2, -0.15) is 0 Å². The fourth-order valence-corrected chi connectivity index (χ4v) is 2.51. The van der Waals surface area contributed by atoms with E-state index in [-0.39, 0.29) is 12.2 Å². The van der Waals surface area contributed by atoms with Crippen molar-refractivity contribution in [3.05, 3.63) is 35.4 Å². The molecular weight excluding hydrogens is 294 g/mol. The molecule has 0 saturated heterocycles. The Morgan fingerprint density at radius 3 is 1.86 bits per heavy atom. The lowest BCUT2D eigenvalue weighted by atomic mass is 10.1. The average Bonchev–Trinajstić information content (AvgIpc) is 2.33. The summed E-state index contributed by atoms with van der Waals surface area (Å²) in [6.07, 6.45) is 0.607. The fraction of sp³-hybridized carbons (Fsp3) is 0.600. The number of halogens is 2. The van der Waals surface area contributed by atoms with Crippen molar-refractivity contribution in [2.24, 2.45) is 0 Å². The lowest BCUT2D eigenvalue weighted by molar-refractivity contribution is -0.368. The summed E-state index contributed by atoms with van der Waals surface area (Å²) in [6.45, 7) is 7.56. The van der Waals surface area contributed by atoms with Crippen LogP contribution in [0.2, 0.25) is 0 Å². The molecule has 0 saturated carbocycles. The molecule has 0 heterocycles. The fourth-order valence-electron chi connectivity index (χ4n) is 2.11. The maximum atomic E-state index is 13.2. The predicted molar refractivity (Wildman–Crippen MR) is 80.9 cm³/mol. The first-order chi connectivity index (χ1) is 9.76. The lowest BCUT2D eigenvalue weighted by Gasteiger charge is -2.36. The normalized spacial score (nSPS) is 12.6. The van der Waals surface area contributed by atoms with Crippen LogP contribution < -0.4 is 0 Å². The third kappa shape index (κ3) is 6.21. The van der Waals surface area contributed by atoms with Gasteiger partial charge in [0.1, 0.15) is 11.6 Å². The molecule has 3 nitrogen and oxygen atoms in total. The second-order valence-corrected chi connectivity index (χ2v) is 5.91. The topological polar surface area (TPSA) is 27.7 Å². The minimum absolute atomic E-state index is 0.0815. The van der Waals surface area contributed by atoms with E-state index < -0.39 is 17.6 Å². The molecule has 1 rings (SSSR count). The lowest BCUT2D eigenvalue weighted by Crippen LogP contribution is -2.43. The smallest absolute Gasteiger partial charge is 0.273 e. The summed E-state index contributed by atoms with van der Waals surface area (Å²) in [7, 11) is 0.432. The van der Waals surface area contributed by atoms with Gasteiger partial charge in [0.15, 0.2) is 10.5 Å². The molecule has 21 heavy (non-hydrogen) atoms. The van der Waals surface area contributed by atoms with Crippen molar-refractivity contribution in [2.45, 2.75) is 58.7 Å². The molecule has 120 valence electrons. The number of aryl methyl sites for hydroxylation is 1. The molecule has 0 aliphatic rings. The number of hydrogen-bond acceptors (Lipinski definition) is 3. The molecule has 0 spiro atoms. The van der Waals surface area contributed by atoms with E-state index in [0.717, 1.165) is 6.07 Å². The Balaban J connectivity index is 2.84. The third-order valence-electron chi connectivity index (χ3n) is 2.78. The van der Waals surface area contributed by atoms with Crippen LogP contribution in [-0.4, -0.2) is 28.7 Å². The van der Waals surface area contributed by atoms with Crippen LogP contribution in [0.5, 0.6) is 0 Å². The first-order valence-corrected chi connectivity index (χ1v) is 7.94. The van der Waals surface area contributed by atoms with E-state index in [1.165, 1.54) is 12.1 Å². The average molecular weight is 318 g/mol. The van der Waals surface area contributed by atoms with E-state index in [4.69, 9.17) is 13.9 Å². The Labute approximate surface area is 128 Å². The van der Waals surface area contributed by atoms with Gasteiger partial charge in [0.25, 0.3) is 5.97 Å². The first kappa shape index (κ1) is 18.2. The zero-order valence-electron chi connectivity index (χ0n) is 13.3. The van der Waals surface area contributed by atoms with Gasteiger partial charge in [-0.05, 0) is 51.8 Å². The highest BCUT2D eigenvalue weighted by atomic mass is 28.2. The molecule has 1 aromatic carbocycles. The molecule has 0 bridgehead atoms. The Hall–Kier alpha value is -0.823. The second-order valence-electron chi connectivity index (χ2n) is 5.50. The maximum Gasteiger partial charge on any atom is 0.273 e.